The van der Waals surface area contributed by atoms with Gasteiger partial charge in [0.25, 0.3) is 10.0 Å². The van der Waals surface area contributed by atoms with Gasteiger partial charge in [-0.3, -0.25) is 13.9 Å². The third-order valence-corrected chi connectivity index (χ3v) is 11.2. The Morgan fingerprint density at radius 1 is 0.889 bits per heavy atom. The van der Waals surface area contributed by atoms with Crippen LogP contribution in [0.4, 0.5) is 5.69 Å². The number of benzene rings is 4. The number of hydrogen-bond donors (Lipinski definition) is 1. The van der Waals surface area contributed by atoms with Crippen LogP contribution in [0.2, 0.25) is 5.02 Å². The first kappa shape index (κ1) is 31.1. The van der Waals surface area contributed by atoms with E-state index < -0.39 is 16.1 Å². The summed E-state index contributed by atoms with van der Waals surface area (Å²) in [7, 11) is -3.73. The molecule has 1 aliphatic carbocycles. The third kappa shape index (κ3) is 6.72. The molecule has 1 atom stereocenters. The first-order chi connectivity index (χ1) is 21.8. The molecule has 4 aromatic carbocycles. The molecular formula is C36H38ClN3O4S. The molecule has 0 saturated heterocycles. The Balaban J connectivity index is 1.25. The van der Waals surface area contributed by atoms with Gasteiger partial charge in [-0.15, -0.1) is 0 Å². The van der Waals surface area contributed by atoms with Crippen LogP contribution in [0.5, 0.6) is 0 Å². The van der Waals surface area contributed by atoms with Crippen LogP contribution in [0.25, 0.3) is 10.8 Å². The first-order valence-electron chi connectivity index (χ1n) is 15.7. The molecule has 1 heterocycles. The van der Waals surface area contributed by atoms with E-state index in [1.165, 1.54) is 10.7 Å². The zero-order valence-electron chi connectivity index (χ0n) is 25.2. The van der Waals surface area contributed by atoms with Crippen LogP contribution >= 0.6 is 11.6 Å². The van der Waals surface area contributed by atoms with E-state index in [0.717, 1.165) is 42.2 Å². The maximum atomic E-state index is 14.2. The summed E-state index contributed by atoms with van der Waals surface area (Å²) in [5.74, 6) is -0.391. The van der Waals surface area contributed by atoms with Gasteiger partial charge in [-0.1, -0.05) is 104 Å². The van der Waals surface area contributed by atoms with Crippen molar-refractivity contribution in [2.75, 3.05) is 10.8 Å². The second-order valence-electron chi connectivity index (χ2n) is 12.0. The predicted molar refractivity (Wildman–Crippen MR) is 179 cm³/mol. The maximum absolute atomic E-state index is 14.2. The van der Waals surface area contributed by atoms with Gasteiger partial charge in [0.15, 0.2) is 0 Å². The number of hydrogen-bond acceptors (Lipinski definition) is 4. The second kappa shape index (κ2) is 13.6. The summed E-state index contributed by atoms with van der Waals surface area (Å²) in [6, 6.07) is 27.3. The van der Waals surface area contributed by atoms with Gasteiger partial charge in [0, 0.05) is 42.4 Å². The molecule has 0 bridgehead atoms. The highest BCUT2D eigenvalue weighted by Gasteiger charge is 2.36. The SMILES string of the molecule is O=C(NC1CCCCC1)C(Cc1ccccc1)N(Cc1ccccc1Cl)C(=O)CCCN1c2cccc3cccc(c23)S1(=O)=O. The fourth-order valence-electron chi connectivity index (χ4n) is 6.62. The highest BCUT2D eigenvalue weighted by Crippen LogP contribution is 2.42. The van der Waals surface area contributed by atoms with E-state index in [1.807, 2.05) is 72.8 Å². The quantitative estimate of drug-likeness (QED) is 0.193. The van der Waals surface area contributed by atoms with Gasteiger partial charge in [-0.05, 0) is 54.0 Å². The van der Waals surface area contributed by atoms with Gasteiger partial charge in [0.1, 0.15) is 6.04 Å². The van der Waals surface area contributed by atoms with Crippen molar-refractivity contribution in [3.05, 3.63) is 107 Å². The molecule has 7 nitrogen and oxygen atoms in total. The Labute approximate surface area is 270 Å². The third-order valence-electron chi connectivity index (χ3n) is 8.95. The first-order valence-corrected chi connectivity index (χ1v) is 17.6. The molecule has 0 spiro atoms. The molecule has 1 N–H and O–H groups in total. The van der Waals surface area contributed by atoms with Crippen molar-refractivity contribution in [3.8, 4) is 0 Å². The summed E-state index contributed by atoms with van der Waals surface area (Å²) >= 11 is 6.57. The minimum absolute atomic E-state index is 0.0742. The summed E-state index contributed by atoms with van der Waals surface area (Å²) in [5.41, 5.74) is 2.34. The summed E-state index contributed by atoms with van der Waals surface area (Å²) < 4.78 is 28.4. The Kier molecular flexibility index (Phi) is 9.42. The molecule has 45 heavy (non-hydrogen) atoms. The molecule has 1 fully saturated rings. The van der Waals surface area contributed by atoms with Crippen molar-refractivity contribution in [2.45, 2.75) is 74.9 Å². The van der Waals surface area contributed by atoms with Crippen molar-refractivity contribution in [3.63, 3.8) is 0 Å². The Bertz CT molecular complexity index is 1790. The van der Waals surface area contributed by atoms with Crippen molar-refractivity contribution < 1.29 is 18.0 Å². The van der Waals surface area contributed by atoms with Gasteiger partial charge in [-0.25, -0.2) is 8.42 Å². The summed E-state index contributed by atoms with van der Waals surface area (Å²) in [4.78, 5) is 30.1. The standard InChI is InChI=1S/C36H38ClN3O4S/c37-30-19-8-7-14-28(30)25-39(32(24-26-12-3-1-4-13-26)36(42)38-29-17-5-2-6-18-29)34(41)22-11-23-40-31-20-9-15-27-16-10-21-33(35(27)31)45(40,43)44/h1,3-4,7-10,12-16,19-21,29,32H,2,5-6,11,17-18,22-25H2,(H,38,42). The maximum Gasteiger partial charge on any atom is 0.265 e. The second-order valence-corrected chi connectivity index (χ2v) is 14.2. The highest BCUT2D eigenvalue weighted by atomic mass is 35.5. The zero-order valence-corrected chi connectivity index (χ0v) is 26.8. The normalized spacial score (nSPS) is 16.4. The average molecular weight is 644 g/mol. The monoisotopic (exact) mass is 643 g/mol. The van der Waals surface area contributed by atoms with Crippen molar-refractivity contribution in [1.82, 2.24) is 10.2 Å². The van der Waals surface area contributed by atoms with Gasteiger partial charge in [-0.2, -0.15) is 0 Å². The number of carbonyl (C=O) groups excluding carboxylic acids is 2. The molecule has 6 rings (SSSR count). The number of carbonyl (C=O) groups is 2. The lowest BCUT2D eigenvalue weighted by Crippen LogP contribution is -2.53. The lowest BCUT2D eigenvalue weighted by Gasteiger charge is -2.34. The Morgan fingerprint density at radius 2 is 1.60 bits per heavy atom. The molecule has 4 aromatic rings. The topological polar surface area (TPSA) is 86.8 Å². The van der Waals surface area contributed by atoms with Crippen LogP contribution in [0.1, 0.15) is 56.1 Å². The fraction of sp³-hybridized carbons (Fsp3) is 0.333. The molecule has 2 aliphatic rings. The van der Waals surface area contributed by atoms with E-state index in [2.05, 4.69) is 5.32 Å². The van der Waals surface area contributed by atoms with Crippen LogP contribution in [0, 0.1) is 0 Å². The lowest BCUT2D eigenvalue weighted by molar-refractivity contribution is -0.141. The minimum atomic E-state index is -3.73. The van der Waals surface area contributed by atoms with Crippen LogP contribution in [0.15, 0.2) is 95.9 Å². The zero-order chi connectivity index (χ0) is 31.4. The summed E-state index contributed by atoms with van der Waals surface area (Å²) in [6.45, 7) is 0.320. The molecule has 1 unspecified atom stereocenters. The van der Waals surface area contributed by atoms with Crippen molar-refractivity contribution in [1.29, 1.82) is 0 Å². The minimum Gasteiger partial charge on any atom is -0.352 e. The van der Waals surface area contributed by atoms with Gasteiger partial charge in [0.05, 0.1) is 10.6 Å². The molecule has 9 heteroatoms. The van der Waals surface area contributed by atoms with Gasteiger partial charge >= 0.3 is 0 Å². The number of nitrogens with zero attached hydrogens (tertiary/aromatic N) is 2. The van der Waals surface area contributed by atoms with Crippen LogP contribution in [-0.2, 0) is 32.6 Å². The molecule has 2 amide bonds. The van der Waals surface area contributed by atoms with E-state index >= 15 is 0 Å². The van der Waals surface area contributed by atoms with E-state index in [-0.39, 0.29) is 37.4 Å². The van der Waals surface area contributed by atoms with Gasteiger partial charge in [0.2, 0.25) is 11.8 Å². The molecule has 1 saturated carbocycles. The summed E-state index contributed by atoms with van der Waals surface area (Å²) in [6.07, 6.45) is 5.91. The smallest absolute Gasteiger partial charge is 0.265 e. The molecule has 0 radical (unpaired) electrons. The predicted octanol–water partition coefficient (Wildman–Crippen LogP) is 6.87. The highest BCUT2D eigenvalue weighted by molar-refractivity contribution is 7.93. The Hall–Kier alpha value is -3.88. The molecule has 234 valence electrons. The van der Waals surface area contributed by atoms with E-state index in [9.17, 15) is 18.0 Å². The van der Waals surface area contributed by atoms with E-state index in [1.54, 1.807) is 23.1 Å². The largest absolute Gasteiger partial charge is 0.352 e. The van der Waals surface area contributed by atoms with Gasteiger partial charge < -0.3 is 10.2 Å². The van der Waals surface area contributed by atoms with E-state index in [0.29, 0.717) is 33.8 Å². The number of sulfonamides is 1. The fourth-order valence-corrected chi connectivity index (χ4v) is 8.57. The van der Waals surface area contributed by atoms with Crippen LogP contribution < -0.4 is 9.62 Å². The number of nitrogens with one attached hydrogen (secondary N) is 1. The number of rotatable bonds is 11. The Morgan fingerprint density at radius 3 is 2.36 bits per heavy atom. The molecule has 1 aliphatic heterocycles. The summed E-state index contributed by atoms with van der Waals surface area (Å²) in [5, 5.41) is 5.36. The van der Waals surface area contributed by atoms with Crippen LogP contribution in [-0.4, -0.2) is 43.8 Å². The van der Waals surface area contributed by atoms with Crippen LogP contribution in [0.3, 0.4) is 0 Å². The molecule has 0 aromatic heterocycles. The number of amides is 2. The number of halogens is 1. The number of anilines is 1. The van der Waals surface area contributed by atoms with E-state index in [4.69, 9.17) is 11.6 Å². The average Bonchev–Trinajstić information content (AvgIpc) is 3.27. The molecular weight excluding hydrogens is 606 g/mol. The lowest BCUT2D eigenvalue weighted by atomic mass is 9.94. The van der Waals surface area contributed by atoms with Crippen molar-refractivity contribution in [2.24, 2.45) is 0 Å². The van der Waals surface area contributed by atoms with Crippen molar-refractivity contribution >= 4 is 49.9 Å².